The van der Waals surface area contributed by atoms with E-state index in [0.717, 1.165) is 4.90 Å². The van der Waals surface area contributed by atoms with Gasteiger partial charge in [0, 0.05) is 25.0 Å². The first-order valence-corrected chi connectivity index (χ1v) is 16.4. The lowest BCUT2D eigenvalue weighted by atomic mass is 10.4. The molecule has 18 nitrogen and oxygen atoms in total. The zero-order chi connectivity index (χ0) is 35.2. The number of hydrogen-bond donors (Lipinski definition) is 0. The summed E-state index contributed by atoms with van der Waals surface area (Å²) in [4.78, 5) is 63.1. The van der Waals surface area contributed by atoms with Gasteiger partial charge >= 0.3 is 5.97 Å². The lowest BCUT2D eigenvalue weighted by molar-refractivity contribution is -0.198. The summed E-state index contributed by atoms with van der Waals surface area (Å²) < 4.78 is 54.0. The van der Waals surface area contributed by atoms with E-state index in [1.165, 1.54) is 12.2 Å². The molecule has 2 aliphatic heterocycles. The van der Waals surface area contributed by atoms with Crippen molar-refractivity contribution < 1.29 is 76.2 Å². The van der Waals surface area contributed by atoms with E-state index in [4.69, 9.17) is 52.2 Å². The molecule has 0 aromatic heterocycles. The van der Waals surface area contributed by atoms with Gasteiger partial charge in [0.2, 0.25) is 0 Å². The molecule has 2 heterocycles. The molecule has 2 aliphatic rings. The van der Waals surface area contributed by atoms with Crippen LogP contribution >= 0.6 is 0 Å². The molecule has 0 aromatic rings. The molecule has 0 N–H and O–H groups in total. The van der Waals surface area contributed by atoms with E-state index >= 15 is 0 Å². The Morgan fingerprint density at radius 2 is 0.735 bits per heavy atom. The monoisotopic (exact) mass is 706 g/mol. The molecule has 0 aromatic carbocycles. The molecule has 18 heteroatoms. The predicted octanol–water partition coefficient (Wildman–Crippen LogP) is -0.925. The molecule has 2 rings (SSSR count). The maximum Gasteiger partial charge on any atom is 0.335 e. The highest BCUT2D eigenvalue weighted by atomic mass is 16.7. The molecule has 0 aliphatic carbocycles. The van der Waals surface area contributed by atoms with Crippen molar-refractivity contribution in [2.45, 2.75) is 19.3 Å². The van der Waals surface area contributed by atoms with Gasteiger partial charge in [-0.3, -0.25) is 24.1 Å². The van der Waals surface area contributed by atoms with Crippen LogP contribution in [0.15, 0.2) is 12.2 Å². The normalized spacial score (nSPS) is 14.6. The van der Waals surface area contributed by atoms with Crippen molar-refractivity contribution in [1.29, 1.82) is 0 Å². The summed E-state index contributed by atoms with van der Waals surface area (Å²) >= 11 is 0. The van der Waals surface area contributed by atoms with Crippen LogP contribution in [0.1, 0.15) is 19.3 Å². The van der Waals surface area contributed by atoms with Gasteiger partial charge in [0.25, 0.3) is 23.6 Å². The Morgan fingerprint density at radius 1 is 0.449 bits per heavy atom. The lowest BCUT2D eigenvalue weighted by Gasteiger charge is -2.13. The Labute approximate surface area is 286 Å². The molecule has 1 saturated heterocycles. The smallest absolute Gasteiger partial charge is 0.335 e. The molecule has 0 spiro atoms. The first-order valence-electron chi connectivity index (χ1n) is 16.4. The average molecular weight is 707 g/mol. The largest absolute Gasteiger partial charge is 0.378 e. The summed E-state index contributed by atoms with van der Waals surface area (Å²) in [7, 11) is 0. The number of amides is 4. The summed E-state index contributed by atoms with van der Waals surface area (Å²) in [6, 6.07) is 0. The second-order valence-electron chi connectivity index (χ2n) is 10.1. The Bertz CT molecular complexity index is 947. The van der Waals surface area contributed by atoms with Crippen LogP contribution in [0.5, 0.6) is 0 Å². The van der Waals surface area contributed by atoms with Crippen LogP contribution in [-0.4, -0.2) is 178 Å². The number of rotatable bonds is 34. The van der Waals surface area contributed by atoms with Gasteiger partial charge < -0.3 is 52.2 Å². The summed E-state index contributed by atoms with van der Waals surface area (Å²) in [6.07, 6.45) is 2.52. The van der Waals surface area contributed by atoms with Crippen LogP contribution in [-0.2, 0) is 76.2 Å². The molecule has 49 heavy (non-hydrogen) atoms. The molecule has 0 radical (unpaired) electrons. The summed E-state index contributed by atoms with van der Waals surface area (Å²) in [5, 5.41) is 0.514. The third kappa shape index (κ3) is 21.7. The van der Waals surface area contributed by atoms with Gasteiger partial charge in [0.15, 0.2) is 0 Å². The van der Waals surface area contributed by atoms with Gasteiger partial charge in [-0.2, -0.15) is 0 Å². The fourth-order valence-electron chi connectivity index (χ4n) is 3.85. The second-order valence-corrected chi connectivity index (χ2v) is 10.1. The molecule has 0 saturated carbocycles. The van der Waals surface area contributed by atoms with Crippen molar-refractivity contribution in [3.05, 3.63) is 12.2 Å². The molecule has 1 fully saturated rings. The van der Waals surface area contributed by atoms with E-state index in [-0.39, 0.29) is 57.4 Å². The molecule has 280 valence electrons. The van der Waals surface area contributed by atoms with Gasteiger partial charge in [-0.05, 0) is 0 Å². The maximum absolute atomic E-state index is 11.6. The standard InChI is InChI=1S/C31H50N2O16/c34-27-1-2-28(35)32(27)6-8-40-10-12-42-14-16-44-18-20-46-22-24-48-26-25-47-23-21-45-19-17-43-15-13-41-11-9-39-7-5-31(38)49-33-29(36)3-4-30(33)37/h1-2H,3-26H2. The summed E-state index contributed by atoms with van der Waals surface area (Å²) in [6.45, 7) is 8.08. The van der Waals surface area contributed by atoms with Crippen molar-refractivity contribution in [2.24, 2.45) is 0 Å². The maximum atomic E-state index is 11.6. The SMILES string of the molecule is O=C(CCOCCOCCOCCOCCOCCOCCOCCOCCOCCOCCN1C(=O)C=CC1=O)ON1C(=O)CCC1=O. The highest BCUT2D eigenvalue weighted by molar-refractivity contribution is 6.12. The molecule has 0 bridgehead atoms. The zero-order valence-corrected chi connectivity index (χ0v) is 28.1. The molecule has 0 atom stereocenters. The second kappa shape index (κ2) is 28.9. The number of hydrogen-bond acceptors (Lipinski definition) is 16. The number of hydroxylamine groups is 2. The van der Waals surface area contributed by atoms with Gasteiger partial charge in [0.1, 0.15) is 0 Å². The van der Waals surface area contributed by atoms with Gasteiger partial charge in [0.05, 0.1) is 145 Å². The van der Waals surface area contributed by atoms with Crippen LogP contribution in [0.4, 0.5) is 0 Å². The van der Waals surface area contributed by atoms with E-state index in [1.807, 2.05) is 0 Å². The number of carbonyl (C=O) groups excluding carboxylic acids is 5. The van der Waals surface area contributed by atoms with Crippen molar-refractivity contribution >= 4 is 29.6 Å². The Kier molecular flexibility index (Phi) is 24.9. The van der Waals surface area contributed by atoms with E-state index in [2.05, 4.69) is 0 Å². The molecular weight excluding hydrogens is 656 g/mol. The van der Waals surface area contributed by atoms with Crippen molar-refractivity contribution in [3.8, 4) is 0 Å². The first kappa shape index (κ1) is 42.3. The van der Waals surface area contributed by atoms with E-state index in [0.29, 0.717) is 117 Å². The average Bonchev–Trinajstić information content (AvgIpc) is 3.59. The Balaban J connectivity index is 1.16. The van der Waals surface area contributed by atoms with Crippen molar-refractivity contribution in [1.82, 2.24) is 9.96 Å². The van der Waals surface area contributed by atoms with Crippen molar-refractivity contribution in [2.75, 3.05) is 139 Å². The zero-order valence-electron chi connectivity index (χ0n) is 28.1. The summed E-state index contributed by atoms with van der Waals surface area (Å²) in [5.74, 6) is -2.37. The minimum absolute atomic E-state index is 0.0543. The van der Waals surface area contributed by atoms with Crippen molar-refractivity contribution in [3.63, 3.8) is 0 Å². The minimum Gasteiger partial charge on any atom is -0.378 e. The highest BCUT2D eigenvalue weighted by Gasteiger charge is 2.32. The number of ether oxygens (including phenoxy) is 10. The topological polar surface area (TPSA) is 193 Å². The van der Waals surface area contributed by atoms with Crippen LogP contribution in [0.3, 0.4) is 0 Å². The minimum atomic E-state index is -0.705. The van der Waals surface area contributed by atoms with Gasteiger partial charge in [-0.1, -0.05) is 0 Å². The number of carbonyl (C=O) groups is 5. The van der Waals surface area contributed by atoms with Crippen LogP contribution in [0, 0.1) is 0 Å². The van der Waals surface area contributed by atoms with Crippen LogP contribution < -0.4 is 0 Å². The fraction of sp³-hybridized carbons (Fsp3) is 0.774. The van der Waals surface area contributed by atoms with Crippen LogP contribution in [0.25, 0.3) is 0 Å². The molecule has 4 amide bonds. The highest BCUT2D eigenvalue weighted by Crippen LogP contribution is 2.12. The van der Waals surface area contributed by atoms with E-state index in [9.17, 15) is 24.0 Å². The lowest BCUT2D eigenvalue weighted by Crippen LogP contribution is -2.33. The number of imide groups is 2. The van der Waals surface area contributed by atoms with Gasteiger partial charge in [-0.15, -0.1) is 5.06 Å². The fourth-order valence-corrected chi connectivity index (χ4v) is 3.85. The molecular formula is C31H50N2O16. The van der Waals surface area contributed by atoms with E-state index < -0.39 is 17.8 Å². The van der Waals surface area contributed by atoms with Gasteiger partial charge in [-0.25, -0.2) is 4.79 Å². The van der Waals surface area contributed by atoms with E-state index in [1.54, 1.807) is 0 Å². The quantitative estimate of drug-likeness (QED) is 0.0588. The molecule has 0 unspecified atom stereocenters. The third-order valence-electron chi connectivity index (χ3n) is 6.36. The third-order valence-corrected chi connectivity index (χ3v) is 6.36. The van der Waals surface area contributed by atoms with Crippen LogP contribution in [0.2, 0.25) is 0 Å². The number of nitrogens with zero attached hydrogens (tertiary/aromatic N) is 2. The first-order chi connectivity index (χ1) is 24.0. The Hall–Kier alpha value is -2.91. The predicted molar refractivity (Wildman–Crippen MR) is 166 cm³/mol. The Morgan fingerprint density at radius 3 is 1.06 bits per heavy atom. The summed E-state index contributed by atoms with van der Waals surface area (Å²) in [5.41, 5.74) is 0.